The molecule has 0 fully saturated rings. The third kappa shape index (κ3) is 3.43. The second-order valence-corrected chi connectivity index (χ2v) is 4.50. The van der Waals surface area contributed by atoms with Crippen LogP contribution in [0.1, 0.15) is 10.5 Å². The number of hydrogen-bond acceptors (Lipinski definition) is 6. The summed E-state index contributed by atoms with van der Waals surface area (Å²) in [6.45, 7) is 0. The molecule has 1 aromatic heterocycles. The first-order valence-corrected chi connectivity index (χ1v) is 6.69. The molecule has 0 bridgehead atoms. The highest BCUT2D eigenvalue weighted by Crippen LogP contribution is 2.19. The highest BCUT2D eigenvalue weighted by Gasteiger charge is 2.08. The van der Waals surface area contributed by atoms with E-state index in [0.29, 0.717) is 5.82 Å². The molecule has 2 rings (SSSR count). The first-order valence-electron chi connectivity index (χ1n) is 5.47. The number of nitrogens with one attached hydrogen (secondary N) is 2. The van der Waals surface area contributed by atoms with Crippen LogP contribution in [0.5, 0.6) is 0 Å². The molecular formula is C12H13N5OS. The molecule has 0 aliphatic carbocycles. The second-order valence-electron chi connectivity index (χ2n) is 3.62. The van der Waals surface area contributed by atoms with Crippen LogP contribution in [0.2, 0.25) is 0 Å². The molecule has 0 aliphatic heterocycles. The minimum atomic E-state index is -0.311. The number of amides is 1. The van der Waals surface area contributed by atoms with E-state index >= 15 is 0 Å². The van der Waals surface area contributed by atoms with Gasteiger partial charge in [-0.05, 0) is 24.5 Å². The van der Waals surface area contributed by atoms with Crippen LogP contribution in [0.25, 0.3) is 0 Å². The number of thioether (sulfide) groups is 1. The number of nitrogen functional groups attached to an aromatic ring is 1. The molecule has 0 spiro atoms. The maximum Gasteiger partial charge on any atom is 0.275 e. The average molecular weight is 275 g/mol. The van der Waals surface area contributed by atoms with E-state index in [1.165, 1.54) is 12.4 Å². The summed E-state index contributed by atoms with van der Waals surface area (Å²) < 4.78 is 0. The van der Waals surface area contributed by atoms with Crippen LogP contribution < -0.4 is 16.6 Å². The second kappa shape index (κ2) is 6.17. The van der Waals surface area contributed by atoms with Crippen molar-refractivity contribution in [2.45, 2.75) is 4.90 Å². The lowest BCUT2D eigenvalue weighted by Crippen LogP contribution is -2.15. The van der Waals surface area contributed by atoms with Crippen molar-refractivity contribution >= 4 is 29.2 Å². The minimum Gasteiger partial charge on any atom is -0.321 e. The quantitative estimate of drug-likeness (QED) is 0.447. The van der Waals surface area contributed by atoms with E-state index < -0.39 is 0 Å². The van der Waals surface area contributed by atoms with Gasteiger partial charge in [0.25, 0.3) is 5.91 Å². The van der Waals surface area contributed by atoms with Gasteiger partial charge in [-0.15, -0.1) is 11.8 Å². The number of anilines is 2. The molecule has 0 unspecified atom stereocenters. The number of aromatic nitrogens is 2. The number of nitrogens with two attached hydrogens (primary N) is 1. The molecule has 4 N–H and O–H groups in total. The molecule has 0 radical (unpaired) electrons. The van der Waals surface area contributed by atoms with E-state index in [4.69, 9.17) is 5.84 Å². The third-order valence-electron chi connectivity index (χ3n) is 2.36. The molecule has 7 heteroatoms. The number of carbonyl (C=O) groups is 1. The summed E-state index contributed by atoms with van der Waals surface area (Å²) in [4.78, 5) is 20.9. The lowest BCUT2D eigenvalue weighted by Gasteiger charge is -2.06. The van der Waals surface area contributed by atoms with Gasteiger partial charge in [0, 0.05) is 10.6 Å². The smallest absolute Gasteiger partial charge is 0.275 e. The summed E-state index contributed by atoms with van der Waals surface area (Å²) in [6.07, 6.45) is 4.74. The first-order chi connectivity index (χ1) is 9.22. The van der Waals surface area contributed by atoms with Crippen LogP contribution >= 0.6 is 11.8 Å². The number of hydrazine groups is 1. The van der Waals surface area contributed by atoms with Gasteiger partial charge in [0.1, 0.15) is 5.69 Å². The van der Waals surface area contributed by atoms with E-state index in [0.717, 1.165) is 10.6 Å². The average Bonchev–Trinajstić information content (AvgIpc) is 2.47. The Morgan fingerprint density at radius 3 is 2.79 bits per heavy atom. The molecule has 98 valence electrons. The standard InChI is InChI=1S/C12H13N5OS/c1-19-9-4-2-3-8(5-9)16-12(18)10-6-15-11(17-13)7-14-10/h2-7H,13H2,1H3,(H,15,17)(H,16,18). The molecule has 2 aromatic rings. The largest absolute Gasteiger partial charge is 0.321 e. The van der Waals surface area contributed by atoms with Gasteiger partial charge in [0.2, 0.25) is 0 Å². The summed E-state index contributed by atoms with van der Waals surface area (Å²) in [7, 11) is 0. The zero-order chi connectivity index (χ0) is 13.7. The van der Waals surface area contributed by atoms with Gasteiger partial charge in [-0.1, -0.05) is 6.07 Å². The highest BCUT2D eigenvalue weighted by atomic mass is 32.2. The van der Waals surface area contributed by atoms with Crippen molar-refractivity contribution in [2.24, 2.45) is 5.84 Å². The monoisotopic (exact) mass is 275 g/mol. The fourth-order valence-electron chi connectivity index (χ4n) is 1.42. The predicted molar refractivity (Wildman–Crippen MR) is 76.0 cm³/mol. The molecule has 1 amide bonds. The Labute approximate surface area is 114 Å². The van der Waals surface area contributed by atoms with Crippen molar-refractivity contribution in [1.29, 1.82) is 0 Å². The number of nitrogens with zero attached hydrogens (tertiary/aromatic N) is 2. The Bertz CT molecular complexity index is 573. The van der Waals surface area contributed by atoms with Crippen molar-refractivity contribution < 1.29 is 4.79 Å². The van der Waals surface area contributed by atoms with Crippen LogP contribution in [0.4, 0.5) is 11.5 Å². The highest BCUT2D eigenvalue weighted by molar-refractivity contribution is 7.98. The van der Waals surface area contributed by atoms with Gasteiger partial charge in [0.15, 0.2) is 5.82 Å². The molecule has 0 saturated carbocycles. The normalized spacial score (nSPS) is 10.0. The summed E-state index contributed by atoms with van der Waals surface area (Å²) >= 11 is 1.61. The number of carbonyl (C=O) groups excluding carboxylic acids is 1. The lowest BCUT2D eigenvalue weighted by atomic mass is 10.3. The molecule has 0 aliphatic rings. The molecule has 0 saturated heterocycles. The summed E-state index contributed by atoms with van der Waals surface area (Å²) in [6, 6.07) is 7.57. The van der Waals surface area contributed by atoms with Gasteiger partial charge in [-0.3, -0.25) is 4.79 Å². The first kappa shape index (κ1) is 13.3. The molecule has 1 aromatic carbocycles. The van der Waals surface area contributed by atoms with Gasteiger partial charge < -0.3 is 10.7 Å². The van der Waals surface area contributed by atoms with Crippen molar-refractivity contribution in [1.82, 2.24) is 9.97 Å². The summed E-state index contributed by atoms with van der Waals surface area (Å²) in [5, 5.41) is 2.76. The zero-order valence-electron chi connectivity index (χ0n) is 10.3. The fourth-order valence-corrected chi connectivity index (χ4v) is 1.88. The van der Waals surface area contributed by atoms with Crippen molar-refractivity contribution in [3.05, 3.63) is 42.4 Å². The topological polar surface area (TPSA) is 92.9 Å². The van der Waals surface area contributed by atoms with Crippen LogP contribution in [0.15, 0.2) is 41.6 Å². The molecular weight excluding hydrogens is 262 g/mol. The maximum atomic E-state index is 11.9. The summed E-state index contributed by atoms with van der Waals surface area (Å²) in [5.74, 6) is 5.27. The van der Waals surface area contributed by atoms with E-state index in [-0.39, 0.29) is 11.6 Å². The van der Waals surface area contributed by atoms with Crippen LogP contribution in [-0.2, 0) is 0 Å². The van der Waals surface area contributed by atoms with Crippen LogP contribution in [0.3, 0.4) is 0 Å². The van der Waals surface area contributed by atoms with Crippen LogP contribution in [0, 0.1) is 0 Å². The molecule has 1 heterocycles. The van der Waals surface area contributed by atoms with Crippen molar-refractivity contribution in [2.75, 3.05) is 17.0 Å². The Morgan fingerprint density at radius 1 is 1.32 bits per heavy atom. The van der Waals surface area contributed by atoms with E-state index in [1.807, 2.05) is 30.5 Å². The van der Waals surface area contributed by atoms with Gasteiger partial charge >= 0.3 is 0 Å². The third-order valence-corrected chi connectivity index (χ3v) is 3.09. The number of hydrogen-bond donors (Lipinski definition) is 3. The fraction of sp³-hybridized carbons (Fsp3) is 0.0833. The summed E-state index contributed by atoms with van der Waals surface area (Å²) in [5.41, 5.74) is 3.30. The van der Waals surface area contributed by atoms with Gasteiger partial charge in [0.05, 0.1) is 12.4 Å². The Hall–Kier alpha value is -2.12. The number of rotatable bonds is 4. The van der Waals surface area contributed by atoms with E-state index in [2.05, 4.69) is 20.7 Å². The number of benzene rings is 1. The van der Waals surface area contributed by atoms with E-state index in [9.17, 15) is 4.79 Å². The van der Waals surface area contributed by atoms with Crippen LogP contribution in [-0.4, -0.2) is 22.1 Å². The van der Waals surface area contributed by atoms with Crippen molar-refractivity contribution in [3.8, 4) is 0 Å². The zero-order valence-corrected chi connectivity index (χ0v) is 11.1. The Morgan fingerprint density at radius 2 is 2.16 bits per heavy atom. The molecule has 19 heavy (non-hydrogen) atoms. The maximum absolute atomic E-state index is 11.9. The lowest BCUT2D eigenvalue weighted by molar-refractivity contribution is 0.102. The Balaban J connectivity index is 2.11. The minimum absolute atomic E-state index is 0.230. The molecule has 0 atom stereocenters. The van der Waals surface area contributed by atoms with Gasteiger partial charge in [-0.2, -0.15) is 0 Å². The SMILES string of the molecule is CSc1cccc(NC(=O)c2cnc(NN)cn2)c1. The molecule has 6 nitrogen and oxygen atoms in total. The van der Waals surface area contributed by atoms with Gasteiger partial charge in [-0.25, -0.2) is 15.8 Å². The Kier molecular flexibility index (Phi) is 4.32. The van der Waals surface area contributed by atoms with Crippen molar-refractivity contribution in [3.63, 3.8) is 0 Å². The van der Waals surface area contributed by atoms with E-state index in [1.54, 1.807) is 11.8 Å². The predicted octanol–water partition coefficient (Wildman–Crippen LogP) is 1.74.